The van der Waals surface area contributed by atoms with Crippen molar-refractivity contribution < 1.29 is 4.42 Å². The van der Waals surface area contributed by atoms with Gasteiger partial charge in [-0.2, -0.15) is 0 Å². The third-order valence-corrected chi connectivity index (χ3v) is 3.25. The van der Waals surface area contributed by atoms with Crippen molar-refractivity contribution in [2.45, 2.75) is 25.8 Å². The fourth-order valence-corrected chi connectivity index (χ4v) is 2.29. The largest absolute Gasteiger partial charge is 0.472 e. The molecule has 16 heavy (non-hydrogen) atoms. The van der Waals surface area contributed by atoms with Crippen molar-refractivity contribution in [2.75, 3.05) is 6.54 Å². The van der Waals surface area contributed by atoms with E-state index < -0.39 is 0 Å². The molecule has 0 aromatic carbocycles. The lowest BCUT2D eigenvalue weighted by molar-refractivity contribution is 0.511. The zero-order valence-corrected chi connectivity index (χ0v) is 10.2. The Balaban J connectivity index is 2.03. The molecule has 0 radical (unpaired) electrons. The van der Waals surface area contributed by atoms with E-state index in [2.05, 4.69) is 17.2 Å². The van der Waals surface area contributed by atoms with E-state index in [1.807, 2.05) is 17.6 Å². The van der Waals surface area contributed by atoms with E-state index in [4.69, 9.17) is 4.42 Å². The van der Waals surface area contributed by atoms with Crippen molar-refractivity contribution in [1.82, 2.24) is 10.3 Å². The summed E-state index contributed by atoms with van der Waals surface area (Å²) in [6.07, 6.45) is 7.44. The Bertz CT molecular complexity index is 383. The highest BCUT2D eigenvalue weighted by atomic mass is 32.1. The van der Waals surface area contributed by atoms with Crippen molar-refractivity contribution in [3.8, 4) is 0 Å². The van der Waals surface area contributed by atoms with Crippen LogP contribution in [0.15, 0.2) is 34.6 Å². The second-order valence-corrected chi connectivity index (χ2v) is 4.67. The highest BCUT2D eigenvalue weighted by molar-refractivity contribution is 7.09. The van der Waals surface area contributed by atoms with Crippen LogP contribution in [-0.4, -0.2) is 11.5 Å². The van der Waals surface area contributed by atoms with E-state index in [0.717, 1.165) is 24.4 Å². The molecule has 0 aliphatic rings. The normalized spacial score (nSPS) is 12.8. The van der Waals surface area contributed by atoms with Gasteiger partial charge in [-0.3, -0.25) is 0 Å². The molecule has 0 bridgehead atoms. The molecule has 2 aromatic rings. The summed E-state index contributed by atoms with van der Waals surface area (Å²) in [6, 6.07) is 2.32. The molecule has 0 fully saturated rings. The molecule has 0 aliphatic carbocycles. The van der Waals surface area contributed by atoms with Crippen LogP contribution in [0.4, 0.5) is 0 Å². The number of aromatic nitrogens is 1. The summed E-state index contributed by atoms with van der Waals surface area (Å²) in [7, 11) is 0. The Kier molecular flexibility index (Phi) is 4.13. The molecule has 3 nitrogen and oxygen atoms in total. The maximum atomic E-state index is 5.14. The van der Waals surface area contributed by atoms with Gasteiger partial charge in [-0.1, -0.05) is 6.92 Å². The van der Waals surface area contributed by atoms with Crippen molar-refractivity contribution in [3.63, 3.8) is 0 Å². The predicted molar refractivity (Wildman–Crippen MR) is 65.6 cm³/mol. The third kappa shape index (κ3) is 2.93. The molecule has 1 N–H and O–H groups in total. The van der Waals surface area contributed by atoms with E-state index >= 15 is 0 Å². The Hall–Kier alpha value is -1.13. The lowest BCUT2D eigenvalue weighted by Gasteiger charge is -2.15. The fraction of sp³-hybridized carbons (Fsp3) is 0.417. The summed E-state index contributed by atoms with van der Waals surface area (Å²) < 4.78 is 5.14. The predicted octanol–water partition coefficient (Wildman–Crippen LogP) is 3.02. The number of rotatable bonds is 6. The highest BCUT2D eigenvalue weighted by Crippen LogP contribution is 2.20. The van der Waals surface area contributed by atoms with E-state index in [0.29, 0.717) is 6.04 Å². The second-order valence-electron chi connectivity index (χ2n) is 3.69. The zero-order valence-electron chi connectivity index (χ0n) is 9.35. The number of nitrogens with one attached hydrogen (secondary N) is 1. The Morgan fingerprint density at radius 1 is 1.56 bits per heavy atom. The Labute approximate surface area is 99.5 Å². The average molecular weight is 236 g/mol. The topological polar surface area (TPSA) is 38.1 Å². The fourth-order valence-electron chi connectivity index (χ4n) is 1.63. The number of furan rings is 1. The molecule has 0 amide bonds. The van der Waals surface area contributed by atoms with Crippen molar-refractivity contribution >= 4 is 11.3 Å². The van der Waals surface area contributed by atoms with Gasteiger partial charge in [0.15, 0.2) is 0 Å². The molecule has 0 saturated heterocycles. The average Bonchev–Trinajstić information content (AvgIpc) is 2.96. The first-order valence-electron chi connectivity index (χ1n) is 5.54. The summed E-state index contributed by atoms with van der Waals surface area (Å²) in [5.74, 6) is 0. The van der Waals surface area contributed by atoms with Gasteiger partial charge in [0.25, 0.3) is 0 Å². The van der Waals surface area contributed by atoms with Crippen LogP contribution in [0.3, 0.4) is 0 Å². The number of thiazole rings is 1. The monoisotopic (exact) mass is 236 g/mol. The summed E-state index contributed by atoms with van der Waals surface area (Å²) in [5.41, 5.74) is 1.20. The van der Waals surface area contributed by atoms with Gasteiger partial charge in [0.2, 0.25) is 0 Å². The first kappa shape index (κ1) is 11.4. The van der Waals surface area contributed by atoms with Gasteiger partial charge >= 0.3 is 0 Å². The van der Waals surface area contributed by atoms with Crippen LogP contribution >= 0.6 is 11.3 Å². The van der Waals surface area contributed by atoms with Crippen LogP contribution in [0.2, 0.25) is 0 Å². The molecular weight excluding hydrogens is 220 g/mol. The van der Waals surface area contributed by atoms with Crippen molar-refractivity contribution in [2.24, 2.45) is 0 Å². The van der Waals surface area contributed by atoms with Crippen LogP contribution in [0.25, 0.3) is 0 Å². The highest BCUT2D eigenvalue weighted by Gasteiger charge is 2.13. The lowest BCUT2D eigenvalue weighted by atomic mass is 10.1. The summed E-state index contributed by atoms with van der Waals surface area (Å²) in [4.78, 5) is 4.32. The van der Waals surface area contributed by atoms with Gasteiger partial charge in [0, 0.05) is 29.6 Å². The van der Waals surface area contributed by atoms with Gasteiger partial charge in [-0.25, -0.2) is 4.98 Å². The van der Waals surface area contributed by atoms with Crippen molar-refractivity contribution in [1.29, 1.82) is 0 Å². The first-order valence-corrected chi connectivity index (χ1v) is 6.42. The molecule has 0 aliphatic heterocycles. The number of hydrogen-bond acceptors (Lipinski definition) is 4. The van der Waals surface area contributed by atoms with Crippen LogP contribution < -0.4 is 5.32 Å². The van der Waals surface area contributed by atoms with Gasteiger partial charge < -0.3 is 9.73 Å². The van der Waals surface area contributed by atoms with E-state index in [1.165, 1.54) is 5.56 Å². The van der Waals surface area contributed by atoms with E-state index in [1.54, 1.807) is 23.9 Å². The standard InChI is InChI=1S/C12H16N2OS/c1-2-4-13-11(10-3-6-15-9-10)8-12-14-5-7-16-12/h3,5-7,9,11,13H,2,4,8H2,1H3. The SMILES string of the molecule is CCCNC(Cc1nccs1)c1ccoc1. The molecule has 2 rings (SSSR count). The molecule has 1 unspecified atom stereocenters. The first-order chi connectivity index (χ1) is 7.90. The van der Waals surface area contributed by atoms with Gasteiger partial charge in [-0.15, -0.1) is 11.3 Å². The van der Waals surface area contributed by atoms with Gasteiger partial charge in [0.1, 0.15) is 0 Å². The van der Waals surface area contributed by atoms with Gasteiger partial charge in [0.05, 0.1) is 17.5 Å². The minimum Gasteiger partial charge on any atom is -0.472 e. The van der Waals surface area contributed by atoms with Crippen LogP contribution in [-0.2, 0) is 6.42 Å². The quantitative estimate of drug-likeness (QED) is 0.837. The minimum absolute atomic E-state index is 0.310. The number of nitrogens with zero attached hydrogens (tertiary/aromatic N) is 1. The molecule has 0 spiro atoms. The maximum Gasteiger partial charge on any atom is 0.0950 e. The Morgan fingerprint density at radius 3 is 3.12 bits per heavy atom. The summed E-state index contributed by atoms with van der Waals surface area (Å²) in [5, 5.41) is 6.69. The minimum atomic E-state index is 0.310. The van der Waals surface area contributed by atoms with E-state index in [-0.39, 0.29) is 0 Å². The molecule has 0 saturated carbocycles. The van der Waals surface area contributed by atoms with Crippen LogP contribution in [0.1, 0.15) is 30.0 Å². The number of hydrogen-bond donors (Lipinski definition) is 1. The molecule has 2 aromatic heterocycles. The molecule has 1 atom stereocenters. The second kappa shape index (κ2) is 5.82. The maximum absolute atomic E-state index is 5.14. The zero-order chi connectivity index (χ0) is 11.2. The molecule has 2 heterocycles. The molecule has 4 heteroatoms. The Morgan fingerprint density at radius 2 is 2.50 bits per heavy atom. The molecule has 86 valence electrons. The molecular formula is C12H16N2OS. The van der Waals surface area contributed by atoms with Crippen molar-refractivity contribution in [3.05, 3.63) is 40.7 Å². The van der Waals surface area contributed by atoms with Crippen LogP contribution in [0.5, 0.6) is 0 Å². The van der Waals surface area contributed by atoms with E-state index in [9.17, 15) is 0 Å². The van der Waals surface area contributed by atoms with Crippen LogP contribution in [0, 0.1) is 0 Å². The summed E-state index contributed by atoms with van der Waals surface area (Å²) in [6.45, 7) is 3.18. The smallest absolute Gasteiger partial charge is 0.0950 e. The van der Waals surface area contributed by atoms with Gasteiger partial charge in [-0.05, 0) is 19.0 Å². The summed E-state index contributed by atoms with van der Waals surface area (Å²) >= 11 is 1.70. The third-order valence-electron chi connectivity index (χ3n) is 2.45. The lowest BCUT2D eigenvalue weighted by Crippen LogP contribution is -2.23.